The summed E-state index contributed by atoms with van der Waals surface area (Å²) in [7, 11) is 1.45. The van der Waals surface area contributed by atoms with Crippen molar-refractivity contribution in [3.63, 3.8) is 0 Å². The Morgan fingerprint density at radius 3 is 1.97 bits per heavy atom. The molecule has 0 radical (unpaired) electrons. The van der Waals surface area contributed by atoms with Crippen LogP contribution in [0.25, 0.3) is 0 Å². The third kappa shape index (κ3) is 5.01. The highest BCUT2D eigenvalue weighted by Crippen LogP contribution is 2.38. The van der Waals surface area contributed by atoms with E-state index in [1.165, 1.54) is 19.2 Å². The van der Waals surface area contributed by atoms with Crippen molar-refractivity contribution >= 4 is 13.5 Å². The van der Waals surface area contributed by atoms with Gasteiger partial charge in [0.1, 0.15) is 18.5 Å². The molecule has 0 fully saturated rings. The van der Waals surface area contributed by atoms with Crippen molar-refractivity contribution in [2.45, 2.75) is 26.6 Å². The predicted octanol–water partition coefficient (Wildman–Crippen LogP) is 5.54. The van der Waals surface area contributed by atoms with Gasteiger partial charge < -0.3 is 9.47 Å². The van der Waals surface area contributed by atoms with Crippen molar-refractivity contribution in [3.05, 3.63) is 93.6 Å². The molecule has 0 aromatic heterocycles. The van der Waals surface area contributed by atoms with Crippen LogP contribution in [0.3, 0.4) is 0 Å². The highest BCUT2D eigenvalue weighted by atomic mass is 32.1. The van der Waals surface area contributed by atoms with Crippen LogP contribution in [0.4, 0.5) is 17.6 Å². The number of nitrogens with two attached hydrogens (primary N) is 1. The third-order valence-corrected chi connectivity index (χ3v) is 4.92. The lowest BCUT2D eigenvalue weighted by molar-refractivity contribution is 0.0738. The molecular weight excluding hydrogens is 446 g/mol. The van der Waals surface area contributed by atoms with E-state index in [4.69, 9.17) is 20.2 Å². The van der Waals surface area contributed by atoms with Gasteiger partial charge in [-0.15, -0.1) is 0 Å². The quantitative estimate of drug-likeness (QED) is 0.281. The minimum atomic E-state index is -1.67. The smallest absolute Gasteiger partial charge is 0.204 e. The Kier molecular flexibility index (Phi) is 8.54. The number of ether oxygens (including phenoxy) is 2. The van der Waals surface area contributed by atoms with Crippen LogP contribution in [0.1, 0.15) is 33.9 Å². The molecule has 0 saturated heterocycles. The highest BCUT2D eigenvalue weighted by Gasteiger charge is 2.33. The molecule has 9 heteroatoms. The van der Waals surface area contributed by atoms with Crippen LogP contribution in [-0.2, 0) is 11.4 Å². The van der Waals surface area contributed by atoms with E-state index >= 15 is 0 Å². The van der Waals surface area contributed by atoms with Crippen molar-refractivity contribution in [1.29, 1.82) is 0 Å². The average Bonchev–Trinajstić information content (AvgIpc) is 2.77. The van der Waals surface area contributed by atoms with Gasteiger partial charge in [-0.25, -0.2) is 14.7 Å². The van der Waals surface area contributed by atoms with Crippen molar-refractivity contribution in [2.75, 3.05) is 7.11 Å². The second-order valence-electron chi connectivity index (χ2n) is 7.01. The minimum absolute atomic E-state index is 0. The lowest BCUT2D eigenvalue weighted by Gasteiger charge is -2.21. The first kappa shape index (κ1) is 25.5. The van der Waals surface area contributed by atoms with Crippen LogP contribution in [0.5, 0.6) is 11.5 Å². The molecule has 172 valence electrons. The number of aryl methyl sites for hydroxylation is 2. The lowest BCUT2D eigenvalue weighted by Crippen LogP contribution is -2.18. The number of methoxy groups -OCH3 is 1. The maximum Gasteiger partial charge on any atom is 0.204 e. The third-order valence-electron chi connectivity index (χ3n) is 4.92. The molecule has 4 nitrogen and oxygen atoms in total. The molecule has 0 aliphatic rings. The van der Waals surface area contributed by atoms with Crippen LogP contribution in [0.15, 0.2) is 42.5 Å². The van der Waals surface area contributed by atoms with Crippen LogP contribution in [0.2, 0.25) is 0 Å². The number of halogens is 4. The molecule has 3 aromatic carbocycles. The molecule has 0 heterocycles. The van der Waals surface area contributed by atoms with E-state index in [1.807, 2.05) is 6.92 Å². The summed E-state index contributed by atoms with van der Waals surface area (Å²) in [5.41, 5.74) is 1.27. The fraction of sp³-hybridized carbons (Fsp3) is 0.217. The van der Waals surface area contributed by atoms with Crippen molar-refractivity contribution in [2.24, 2.45) is 5.90 Å². The first-order valence-electron chi connectivity index (χ1n) is 9.32. The van der Waals surface area contributed by atoms with Gasteiger partial charge >= 0.3 is 0 Å². The first-order chi connectivity index (χ1) is 14.8. The van der Waals surface area contributed by atoms with Crippen LogP contribution < -0.4 is 15.4 Å². The zero-order valence-corrected chi connectivity index (χ0v) is 18.6. The van der Waals surface area contributed by atoms with Gasteiger partial charge in [-0.2, -0.15) is 22.3 Å². The Morgan fingerprint density at radius 2 is 1.47 bits per heavy atom. The highest BCUT2D eigenvalue weighted by molar-refractivity contribution is 7.59. The van der Waals surface area contributed by atoms with E-state index in [9.17, 15) is 17.6 Å². The minimum Gasteiger partial charge on any atom is -0.497 e. The zero-order chi connectivity index (χ0) is 22.7. The van der Waals surface area contributed by atoms with Crippen LogP contribution in [-0.4, -0.2) is 7.11 Å². The van der Waals surface area contributed by atoms with Gasteiger partial charge in [0.05, 0.1) is 12.7 Å². The second kappa shape index (κ2) is 10.7. The maximum absolute atomic E-state index is 14.9. The molecule has 0 aliphatic heterocycles. The lowest BCUT2D eigenvalue weighted by atomic mass is 9.95. The standard InChI is InChI=1S/C23H21F4NO3.H2S/c1-12-4-6-14(7-5-12)11-30-23-20(26)18(24)17(19(25)21(23)27)22(31-28)16-9-8-15(29-3)10-13(16)2;/h4-10,22H,11,28H2,1-3H3;1H2. The summed E-state index contributed by atoms with van der Waals surface area (Å²) >= 11 is 0. The molecule has 0 saturated carbocycles. The SMILES string of the molecule is COc1ccc(C(ON)c2c(F)c(F)c(OCc3ccc(C)cc3)c(F)c2F)c(C)c1.S. The monoisotopic (exact) mass is 469 g/mol. The summed E-state index contributed by atoms with van der Waals surface area (Å²) in [6.07, 6.45) is -1.60. The van der Waals surface area contributed by atoms with E-state index in [0.717, 1.165) is 5.56 Å². The maximum atomic E-state index is 14.9. The van der Waals surface area contributed by atoms with E-state index in [-0.39, 0.29) is 25.7 Å². The van der Waals surface area contributed by atoms with Gasteiger partial charge in [0.25, 0.3) is 0 Å². The molecule has 32 heavy (non-hydrogen) atoms. The summed E-state index contributed by atoms with van der Waals surface area (Å²) in [6, 6.07) is 11.4. The normalized spacial score (nSPS) is 11.6. The van der Waals surface area contributed by atoms with Crippen LogP contribution >= 0.6 is 13.5 Å². The predicted molar refractivity (Wildman–Crippen MR) is 117 cm³/mol. The fourth-order valence-corrected chi connectivity index (χ4v) is 3.19. The van der Waals surface area contributed by atoms with E-state index in [1.54, 1.807) is 37.3 Å². The van der Waals surface area contributed by atoms with Crippen molar-refractivity contribution in [3.8, 4) is 11.5 Å². The Bertz CT molecular complexity index is 1060. The van der Waals surface area contributed by atoms with Gasteiger partial charge in [-0.05, 0) is 42.7 Å². The van der Waals surface area contributed by atoms with Gasteiger partial charge in [0, 0.05) is 0 Å². The van der Waals surface area contributed by atoms with Gasteiger partial charge in [-0.1, -0.05) is 35.9 Å². The summed E-state index contributed by atoms with van der Waals surface area (Å²) in [6.45, 7) is 3.21. The van der Waals surface area contributed by atoms with Crippen LogP contribution in [0, 0.1) is 37.1 Å². The molecule has 0 spiro atoms. The molecule has 3 rings (SSSR count). The topological polar surface area (TPSA) is 53.7 Å². The van der Waals surface area contributed by atoms with Gasteiger partial charge in [-0.3, -0.25) is 4.84 Å². The molecule has 0 aliphatic carbocycles. The summed E-state index contributed by atoms with van der Waals surface area (Å²) in [5.74, 6) is -2.05. The Labute approximate surface area is 190 Å². The fourth-order valence-electron chi connectivity index (χ4n) is 3.19. The molecule has 1 unspecified atom stereocenters. The molecule has 0 amide bonds. The number of hydrogen-bond donors (Lipinski definition) is 1. The summed E-state index contributed by atoms with van der Waals surface area (Å²) in [4.78, 5) is 4.73. The summed E-state index contributed by atoms with van der Waals surface area (Å²) < 4.78 is 69.2. The van der Waals surface area contributed by atoms with E-state index < -0.39 is 40.7 Å². The Hall–Kier alpha value is -2.75. The first-order valence-corrected chi connectivity index (χ1v) is 9.32. The number of rotatable bonds is 7. The van der Waals surface area contributed by atoms with Gasteiger partial charge in [0.15, 0.2) is 17.4 Å². The number of benzene rings is 3. The molecular formula is C23H23F4NO3S. The van der Waals surface area contributed by atoms with Gasteiger partial charge in [0.2, 0.25) is 11.6 Å². The number of hydrogen-bond acceptors (Lipinski definition) is 4. The molecule has 2 N–H and O–H groups in total. The second-order valence-corrected chi connectivity index (χ2v) is 7.01. The molecule has 0 bridgehead atoms. The Morgan fingerprint density at radius 1 is 0.875 bits per heavy atom. The zero-order valence-electron chi connectivity index (χ0n) is 17.6. The van der Waals surface area contributed by atoms with E-state index in [2.05, 4.69) is 0 Å². The average molecular weight is 470 g/mol. The van der Waals surface area contributed by atoms with E-state index in [0.29, 0.717) is 16.9 Å². The Balaban J connectivity index is 0.00000363. The van der Waals surface area contributed by atoms with Crippen molar-refractivity contribution in [1.82, 2.24) is 0 Å². The van der Waals surface area contributed by atoms with Crippen molar-refractivity contribution < 1.29 is 31.9 Å². The molecule has 1 atom stereocenters. The molecule has 3 aromatic rings. The summed E-state index contributed by atoms with van der Waals surface area (Å²) in [5, 5.41) is 0. The largest absolute Gasteiger partial charge is 0.497 e.